The van der Waals surface area contributed by atoms with Crippen molar-refractivity contribution in [2.24, 2.45) is 5.92 Å². The molecule has 46 heavy (non-hydrogen) atoms. The Labute approximate surface area is 275 Å². The summed E-state index contributed by atoms with van der Waals surface area (Å²) in [7, 11) is 0. The molecule has 2 fully saturated rings. The highest BCUT2D eigenvalue weighted by atomic mass is 35.9. The first-order chi connectivity index (χ1) is 21.7. The molecule has 0 aromatic heterocycles. The largest absolute Gasteiger partial charge is 0.416 e. The Balaban J connectivity index is 1.53. The van der Waals surface area contributed by atoms with Crippen LogP contribution in [-0.2, 0) is 15.5 Å². The van der Waals surface area contributed by atoms with Crippen molar-refractivity contribution in [3.63, 3.8) is 0 Å². The van der Waals surface area contributed by atoms with Crippen LogP contribution in [0.1, 0.15) is 77.2 Å². The van der Waals surface area contributed by atoms with Crippen LogP contribution in [0, 0.1) is 25.6 Å². The minimum absolute atomic E-state index is 0.0169. The highest BCUT2D eigenvalue weighted by Crippen LogP contribution is 2.63. The standard InChI is InChI=1S/C33H34Cl2F4N3O3P/c1-20-12-15-23(19-27(20)33(37,38)39)40-31(43)26-10-6-18-41(32(44)29-21(2)7-5-11-28(29)36)30(26)22-13-16-25(17-14-22)42(46(34,35)45)24-8-3-4-9-24/h5,7,11-17,19,24,26,30H,3-4,6,8-10,18H2,1-2H3,(H,40,43)/t26-,30-/m0/s1. The highest BCUT2D eigenvalue weighted by molar-refractivity contribution is 8.09. The number of rotatable bonds is 7. The fourth-order valence-corrected chi connectivity index (χ4v) is 8.98. The van der Waals surface area contributed by atoms with E-state index < -0.39 is 47.3 Å². The lowest BCUT2D eigenvalue weighted by atomic mass is 9.83. The molecular formula is C33H34Cl2F4N3O3P. The molecule has 2 aliphatic rings. The summed E-state index contributed by atoms with van der Waals surface area (Å²) < 4.78 is 70.3. The van der Waals surface area contributed by atoms with Gasteiger partial charge in [-0.05, 0) is 109 Å². The van der Waals surface area contributed by atoms with Crippen LogP contribution < -0.4 is 9.99 Å². The summed E-state index contributed by atoms with van der Waals surface area (Å²) in [5.74, 6) is -6.49. The number of piperidine rings is 1. The van der Waals surface area contributed by atoms with E-state index in [0.717, 1.165) is 31.7 Å². The lowest BCUT2D eigenvalue weighted by Crippen LogP contribution is -2.46. The second-order valence-electron chi connectivity index (χ2n) is 11.9. The third-order valence-electron chi connectivity index (χ3n) is 8.90. The van der Waals surface area contributed by atoms with Crippen LogP contribution in [0.5, 0.6) is 0 Å². The van der Waals surface area contributed by atoms with Crippen LogP contribution in [0.15, 0.2) is 60.7 Å². The van der Waals surface area contributed by atoms with Gasteiger partial charge in [0.15, 0.2) is 0 Å². The predicted molar refractivity (Wildman–Crippen MR) is 173 cm³/mol. The minimum atomic E-state index is -4.61. The maximum Gasteiger partial charge on any atom is 0.416 e. The zero-order valence-electron chi connectivity index (χ0n) is 25.3. The SMILES string of the molecule is Cc1ccc(NC(=O)[C@H]2CCCN(C(=O)c3c(C)cccc3F)[C@H]2c2ccc(N(C3CCCC3)P(=O)(Cl)Cl)cc2)cc1C(F)(F)F. The zero-order valence-corrected chi connectivity index (χ0v) is 27.7. The van der Waals surface area contributed by atoms with E-state index in [1.54, 1.807) is 37.3 Å². The number of hydrogen-bond donors (Lipinski definition) is 1. The predicted octanol–water partition coefficient (Wildman–Crippen LogP) is 10.0. The van der Waals surface area contributed by atoms with Gasteiger partial charge in [0, 0.05) is 24.0 Å². The lowest BCUT2D eigenvalue weighted by Gasteiger charge is -2.41. The van der Waals surface area contributed by atoms with E-state index in [9.17, 15) is 27.3 Å². The van der Waals surface area contributed by atoms with Crippen LogP contribution in [-0.4, -0.2) is 29.3 Å². The molecule has 1 saturated heterocycles. The molecule has 1 aliphatic carbocycles. The number of nitrogens with one attached hydrogen (secondary N) is 1. The summed E-state index contributed by atoms with van der Waals surface area (Å²) in [5, 5.41) is 2.63. The molecule has 3 aromatic rings. The van der Waals surface area contributed by atoms with Crippen molar-refractivity contribution >= 4 is 51.7 Å². The summed E-state index contributed by atoms with van der Waals surface area (Å²) in [6, 6.07) is 13.6. The number of hydrogen-bond acceptors (Lipinski definition) is 3. The summed E-state index contributed by atoms with van der Waals surface area (Å²) in [6.07, 6.45) is -0.435. The van der Waals surface area contributed by atoms with Crippen LogP contribution in [0.4, 0.5) is 28.9 Å². The quantitative estimate of drug-likeness (QED) is 0.197. The van der Waals surface area contributed by atoms with Crippen molar-refractivity contribution < 1.29 is 31.7 Å². The third kappa shape index (κ3) is 7.24. The first-order valence-electron chi connectivity index (χ1n) is 15.1. The molecule has 1 aliphatic heterocycles. The molecule has 246 valence electrons. The molecule has 2 atom stereocenters. The number of amides is 2. The second-order valence-corrected chi connectivity index (χ2v) is 16.5. The average Bonchev–Trinajstić information content (AvgIpc) is 3.51. The number of likely N-dealkylation sites (tertiary alicyclic amines) is 1. The number of nitrogens with zero attached hydrogens (tertiary/aromatic N) is 2. The number of aryl methyl sites for hydroxylation is 2. The number of anilines is 2. The molecule has 0 unspecified atom stereocenters. The molecule has 13 heteroatoms. The topological polar surface area (TPSA) is 69.7 Å². The molecule has 3 aromatic carbocycles. The Kier molecular flexibility index (Phi) is 10.1. The Morgan fingerprint density at radius 1 is 0.935 bits per heavy atom. The van der Waals surface area contributed by atoms with Crippen LogP contribution >= 0.6 is 28.5 Å². The maximum absolute atomic E-state index is 15.0. The Morgan fingerprint density at radius 2 is 1.61 bits per heavy atom. The summed E-state index contributed by atoms with van der Waals surface area (Å²) in [5.41, 5.74) is 0.490. The van der Waals surface area contributed by atoms with E-state index in [2.05, 4.69) is 5.32 Å². The van der Waals surface area contributed by atoms with Crippen LogP contribution in [0.25, 0.3) is 0 Å². The molecule has 0 spiro atoms. The van der Waals surface area contributed by atoms with Gasteiger partial charge in [-0.15, -0.1) is 0 Å². The number of carbonyl (C=O) groups excluding carboxylic acids is 2. The molecule has 1 heterocycles. The average molecular weight is 699 g/mol. The van der Waals surface area contributed by atoms with Gasteiger partial charge in [0.05, 0.1) is 23.1 Å². The molecule has 1 N–H and O–H groups in total. The lowest BCUT2D eigenvalue weighted by molar-refractivity contribution is -0.138. The fourth-order valence-electron chi connectivity index (χ4n) is 6.71. The Morgan fingerprint density at radius 3 is 2.22 bits per heavy atom. The molecule has 5 rings (SSSR count). The second kappa shape index (κ2) is 13.6. The molecular weight excluding hydrogens is 664 g/mol. The first-order valence-corrected chi connectivity index (χ1v) is 18.6. The molecule has 0 radical (unpaired) electrons. The van der Waals surface area contributed by atoms with Gasteiger partial charge >= 0.3 is 12.2 Å². The van der Waals surface area contributed by atoms with E-state index >= 15 is 4.39 Å². The van der Waals surface area contributed by atoms with Crippen molar-refractivity contribution in [2.75, 3.05) is 16.5 Å². The van der Waals surface area contributed by atoms with Crippen molar-refractivity contribution in [3.05, 3.63) is 94.3 Å². The van der Waals surface area contributed by atoms with Gasteiger partial charge in [-0.25, -0.2) is 4.39 Å². The number of halogens is 6. The number of alkyl halides is 3. The van der Waals surface area contributed by atoms with Crippen molar-refractivity contribution in [1.82, 2.24) is 4.90 Å². The zero-order chi connectivity index (χ0) is 33.4. The maximum atomic E-state index is 15.0. The Bertz CT molecular complexity index is 1640. The van der Waals surface area contributed by atoms with Gasteiger partial charge in [-0.1, -0.05) is 43.2 Å². The van der Waals surface area contributed by atoms with E-state index in [-0.39, 0.29) is 29.4 Å². The van der Waals surface area contributed by atoms with Gasteiger partial charge in [0.25, 0.3) is 5.91 Å². The van der Waals surface area contributed by atoms with Crippen molar-refractivity contribution in [3.8, 4) is 0 Å². The fraction of sp³-hybridized carbons (Fsp3) is 0.394. The van der Waals surface area contributed by atoms with Crippen molar-refractivity contribution in [1.29, 1.82) is 0 Å². The van der Waals surface area contributed by atoms with Gasteiger partial charge in [0.2, 0.25) is 5.91 Å². The van der Waals surface area contributed by atoms with E-state index in [1.165, 1.54) is 40.8 Å². The van der Waals surface area contributed by atoms with Gasteiger partial charge in [0.1, 0.15) is 5.82 Å². The monoisotopic (exact) mass is 697 g/mol. The van der Waals surface area contributed by atoms with Crippen molar-refractivity contribution in [2.45, 2.75) is 70.6 Å². The summed E-state index contributed by atoms with van der Waals surface area (Å²) in [4.78, 5) is 29.3. The molecule has 0 bridgehead atoms. The van der Waals surface area contributed by atoms with E-state index in [4.69, 9.17) is 22.5 Å². The van der Waals surface area contributed by atoms with E-state index in [0.29, 0.717) is 29.7 Å². The number of carbonyl (C=O) groups is 2. The molecule has 6 nitrogen and oxygen atoms in total. The normalized spacial score (nSPS) is 19.3. The molecule has 1 saturated carbocycles. The highest BCUT2D eigenvalue weighted by Gasteiger charge is 2.41. The van der Waals surface area contributed by atoms with Gasteiger partial charge < -0.3 is 10.2 Å². The molecule has 2 amide bonds. The third-order valence-corrected chi connectivity index (χ3v) is 10.9. The van der Waals surface area contributed by atoms with Gasteiger partial charge in [-0.3, -0.25) is 18.8 Å². The van der Waals surface area contributed by atoms with E-state index in [1.807, 2.05) is 0 Å². The smallest absolute Gasteiger partial charge is 0.331 e. The minimum Gasteiger partial charge on any atom is -0.331 e. The Hall–Kier alpha value is -3.07. The van der Waals surface area contributed by atoms with Gasteiger partial charge in [-0.2, -0.15) is 13.2 Å². The van der Waals surface area contributed by atoms with Crippen LogP contribution in [0.2, 0.25) is 0 Å². The first kappa shape index (κ1) is 34.3. The summed E-state index contributed by atoms with van der Waals surface area (Å²) in [6.45, 7) is 3.18. The van der Waals surface area contributed by atoms with Crippen LogP contribution in [0.3, 0.4) is 0 Å². The summed E-state index contributed by atoms with van der Waals surface area (Å²) >= 11 is 12.4. The number of benzene rings is 3.